The fourth-order valence-corrected chi connectivity index (χ4v) is 2.14. The van der Waals surface area contributed by atoms with Crippen LogP contribution in [-0.4, -0.2) is 32.6 Å². The summed E-state index contributed by atoms with van der Waals surface area (Å²) in [5.41, 5.74) is 2.59. The molecule has 0 aromatic carbocycles. The number of aryl methyl sites for hydroxylation is 1. The zero-order valence-electron chi connectivity index (χ0n) is 12.4. The molecule has 0 bridgehead atoms. The molecule has 0 spiro atoms. The van der Waals surface area contributed by atoms with Gasteiger partial charge in [0.25, 0.3) is 5.91 Å². The van der Waals surface area contributed by atoms with Crippen molar-refractivity contribution in [2.45, 2.75) is 26.3 Å². The van der Waals surface area contributed by atoms with Gasteiger partial charge in [0.15, 0.2) is 0 Å². The lowest BCUT2D eigenvalue weighted by Crippen LogP contribution is -2.26. The highest BCUT2D eigenvalue weighted by Crippen LogP contribution is 2.19. The Morgan fingerprint density at radius 1 is 1.35 bits per heavy atom. The van der Waals surface area contributed by atoms with E-state index in [2.05, 4.69) is 10.1 Å². The zero-order valence-corrected chi connectivity index (χ0v) is 12.4. The molecule has 0 unspecified atom stereocenters. The first-order chi connectivity index (χ1) is 9.49. The highest BCUT2D eigenvalue weighted by atomic mass is 16.2. The summed E-state index contributed by atoms with van der Waals surface area (Å²) < 4.78 is 1.70. The Hall–Kier alpha value is -2.17. The fourth-order valence-electron chi connectivity index (χ4n) is 2.14. The van der Waals surface area contributed by atoms with Gasteiger partial charge in [-0.05, 0) is 23.6 Å². The summed E-state index contributed by atoms with van der Waals surface area (Å²) in [6.07, 6.45) is 5.26. The molecule has 0 saturated carbocycles. The highest BCUT2D eigenvalue weighted by molar-refractivity contribution is 5.95. The number of carbonyl (C=O) groups excluding carboxylic acids is 1. The van der Waals surface area contributed by atoms with Crippen molar-refractivity contribution in [2.24, 2.45) is 7.05 Å². The summed E-state index contributed by atoms with van der Waals surface area (Å²) in [5.74, 6) is 0.225. The van der Waals surface area contributed by atoms with Crippen LogP contribution in [-0.2, 0) is 13.6 Å². The van der Waals surface area contributed by atoms with E-state index in [4.69, 9.17) is 0 Å². The molecule has 106 valence electrons. The summed E-state index contributed by atoms with van der Waals surface area (Å²) >= 11 is 0. The van der Waals surface area contributed by atoms with Crippen LogP contribution < -0.4 is 0 Å². The average molecular weight is 272 g/mol. The number of hydrogen-bond donors (Lipinski definition) is 0. The van der Waals surface area contributed by atoms with Gasteiger partial charge in [0.05, 0.1) is 11.3 Å². The monoisotopic (exact) mass is 272 g/mol. The maximum absolute atomic E-state index is 12.5. The molecule has 2 rings (SSSR count). The smallest absolute Gasteiger partial charge is 0.257 e. The molecule has 0 atom stereocenters. The largest absolute Gasteiger partial charge is 0.337 e. The normalized spacial score (nSPS) is 10.8. The van der Waals surface area contributed by atoms with Crippen LogP contribution in [0.3, 0.4) is 0 Å². The number of nitrogens with zero attached hydrogens (tertiary/aromatic N) is 4. The minimum atomic E-state index is -0.00128. The van der Waals surface area contributed by atoms with Crippen LogP contribution in [0.15, 0.2) is 30.7 Å². The summed E-state index contributed by atoms with van der Waals surface area (Å²) in [6.45, 7) is 4.65. The lowest BCUT2D eigenvalue weighted by atomic mass is 10.1. The Kier molecular flexibility index (Phi) is 4.17. The van der Waals surface area contributed by atoms with Gasteiger partial charge in [-0.1, -0.05) is 13.8 Å². The van der Waals surface area contributed by atoms with Gasteiger partial charge in [0.2, 0.25) is 0 Å². The second-order valence-corrected chi connectivity index (χ2v) is 5.27. The maximum Gasteiger partial charge on any atom is 0.257 e. The van der Waals surface area contributed by atoms with Crippen molar-refractivity contribution < 1.29 is 4.79 Å². The SMILES string of the molecule is CC(C)c1nn(C)cc1C(=O)N(C)Cc1ccncc1. The number of pyridine rings is 1. The van der Waals surface area contributed by atoms with Crippen molar-refractivity contribution in [1.29, 1.82) is 0 Å². The molecule has 0 saturated heterocycles. The van der Waals surface area contributed by atoms with Crippen LogP contribution in [0.2, 0.25) is 0 Å². The van der Waals surface area contributed by atoms with Crippen LogP contribution in [0.5, 0.6) is 0 Å². The van der Waals surface area contributed by atoms with E-state index < -0.39 is 0 Å². The Morgan fingerprint density at radius 3 is 2.60 bits per heavy atom. The van der Waals surface area contributed by atoms with Gasteiger partial charge >= 0.3 is 0 Å². The van der Waals surface area contributed by atoms with E-state index in [1.165, 1.54) is 0 Å². The molecule has 0 aliphatic heterocycles. The van der Waals surface area contributed by atoms with E-state index in [0.29, 0.717) is 12.1 Å². The van der Waals surface area contributed by atoms with Gasteiger partial charge in [-0.25, -0.2) is 0 Å². The van der Waals surface area contributed by atoms with E-state index >= 15 is 0 Å². The Morgan fingerprint density at radius 2 is 2.00 bits per heavy atom. The summed E-state index contributed by atoms with van der Waals surface area (Å²) in [7, 11) is 3.64. The molecule has 1 amide bonds. The average Bonchev–Trinajstić information content (AvgIpc) is 2.81. The molecule has 2 heterocycles. The minimum absolute atomic E-state index is 0.00128. The summed E-state index contributed by atoms with van der Waals surface area (Å²) in [4.78, 5) is 18.2. The van der Waals surface area contributed by atoms with Gasteiger partial charge in [0.1, 0.15) is 0 Å². The Labute approximate surface area is 119 Å². The van der Waals surface area contributed by atoms with Crippen molar-refractivity contribution in [1.82, 2.24) is 19.7 Å². The second-order valence-electron chi connectivity index (χ2n) is 5.27. The second kappa shape index (κ2) is 5.86. The first-order valence-corrected chi connectivity index (χ1v) is 6.67. The van der Waals surface area contributed by atoms with Crippen molar-refractivity contribution in [3.63, 3.8) is 0 Å². The van der Waals surface area contributed by atoms with Gasteiger partial charge in [-0.3, -0.25) is 14.5 Å². The molecule has 2 aromatic rings. The summed E-state index contributed by atoms with van der Waals surface area (Å²) in [5, 5.41) is 4.38. The fraction of sp³-hybridized carbons (Fsp3) is 0.400. The van der Waals surface area contributed by atoms with E-state index in [1.54, 1.807) is 35.2 Å². The lowest BCUT2D eigenvalue weighted by Gasteiger charge is -2.17. The molecule has 0 radical (unpaired) electrons. The van der Waals surface area contributed by atoms with E-state index in [9.17, 15) is 4.79 Å². The quantitative estimate of drug-likeness (QED) is 0.857. The molecule has 0 fully saturated rings. The number of aromatic nitrogens is 3. The third-order valence-corrected chi connectivity index (χ3v) is 3.15. The Bertz CT molecular complexity index is 589. The molecule has 5 nitrogen and oxygen atoms in total. The van der Waals surface area contributed by atoms with Crippen molar-refractivity contribution in [2.75, 3.05) is 7.05 Å². The van der Waals surface area contributed by atoms with Crippen LogP contribution in [0.25, 0.3) is 0 Å². The van der Waals surface area contributed by atoms with Gasteiger partial charge in [-0.15, -0.1) is 0 Å². The molecular weight excluding hydrogens is 252 g/mol. The molecule has 0 aliphatic rings. The van der Waals surface area contributed by atoms with Crippen LogP contribution in [0.4, 0.5) is 0 Å². The van der Waals surface area contributed by atoms with Gasteiger partial charge in [0, 0.05) is 39.2 Å². The third-order valence-electron chi connectivity index (χ3n) is 3.15. The van der Waals surface area contributed by atoms with E-state index in [-0.39, 0.29) is 11.8 Å². The molecule has 5 heteroatoms. The van der Waals surface area contributed by atoms with Gasteiger partial charge < -0.3 is 4.90 Å². The maximum atomic E-state index is 12.5. The Balaban J connectivity index is 2.19. The minimum Gasteiger partial charge on any atom is -0.337 e. The molecule has 0 aliphatic carbocycles. The summed E-state index contributed by atoms with van der Waals surface area (Å²) in [6, 6.07) is 3.83. The van der Waals surface area contributed by atoms with Crippen LogP contribution in [0.1, 0.15) is 41.4 Å². The zero-order chi connectivity index (χ0) is 14.7. The first-order valence-electron chi connectivity index (χ1n) is 6.67. The molecular formula is C15H20N4O. The van der Waals surface area contributed by atoms with E-state index in [1.807, 2.05) is 33.0 Å². The first kappa shape index (κ1) is 14.2. The van der Waals surface area contributed by atoms with Crippen LogP contribution >= 0.6 is 0 Å². The topological polar surface area (TPSA) is 51.0 Å². The number of rotatable bonds is 4. The molecule has 20 heavy (non-hydrogen) atoms. The lowest BCUT2D eigenvalue weighted by molar-refractivity contribution is 0.0783. The van der Waals surface area contributed by atoms with Crippen molar-refractivity contribution in [3.8, 4) is 0 Å². The predicted molar refractivity (Wildman–Crippen MR) is 77.3 cm³/mol. The predicted octanol–water partition coefficient (Wildman–Crippen LogP) is 2.21. The number of amides is 1. The molecule has 0 N–H and O–H groups in total. The van der Waals surface area contributed by atoms with E-state index in [0.717, 1.165) is 11.3 Å². The van der Waals surface area contributed by atoms with Crippen molar-refractivity contribution >= 4 is 5.91 Å². The third kappa shape index (κ3) is 3.04. The van der Waals surface area contributed by atoms with Crippen LogP contribution in [0, 0.1) is 0 Å². The number of hydrogen-bond acceptors (Lipinski definition) is 3. The van der Waals surface area contributed by atoms with Gasteiger partial charge in [-0.2, -0.15) is 5.10 Å². The van der Waals surface area contributed by atoms with Crippen molar-refractivity contribution in [3.05, 3.63) is 47.5 Å². The highest BCUT2D eigenvalue weighted by Gasteiger charge is 2.21. The number of carbonyl (C=O) groups is 1. The molecule has 2 aromatic heterocycles. The standard InChI is InChI=1S/C15H20N4O/c1-11(2)14-13(10-19(4)17-14)15(20)18(3)9-12-5-7-16-8-6-12/h5-8,10-11H,9H2,1-4H3.